The number of carbonyl (C=O) groups is 2. The van der Waals surface area contributed by atoms with Crippen molar-refractivity contribution in [1.29, 1.82) is 0 Å². The second-order valence-electron chi connectivity index (χ2n) is 5.52. The van der Waals surface area contributed by atoms with Gasteiger partial charge in [0, 0.05) is 0 Å². The molecular weight excluding hydrogens is 294 g/mol. The van der Waals surface area contributed by atoms with Gasteiger partial charge in [-0.2, -0.15) is 0 Å². The molecule has 2 atom stereocenters. The van der Waals surface area contributed by atoms with Crippen LogP contribution in [0.3, 0.4) is 0 Å². The second-order valence-corrected chi connectivity index (χ2v) is 5.52. The van der Waals surface area contributed by atoms with Crippen LogP contribution in [0.5, 0.6) is 0 Å². The number of rotatable bonds is 10. The monoisotopic (exact) mass is 321 g/mol. The largest absolute Gasteiger partial charge is 0.458 e. The molecule has 0 bridgehead atoms. The molecule has 1 aromatic carbocycles. The van der Waals surface area contributed by atoms with Gasteiger partial charge in [0.1, 0.15) is 12.6 Å². The summed E-state index contributed by atoms with van der Waals surface area (Å²) in [5.74, 6) is -0.924. The number of likely N-dealkylation sites (N-methyl/N-ethyl adjacent to an activating group) is 1. The van der Waals surface area contributed by atoms with Crippen molar-refractivity contribution >= 4 is 11.9 Å². The number of nitrogens with one attached hydrogen (secondary N) is 1. The Morgan fingerprint density at radius 3 is 2.43 bits per heavy atom. The van der Waals surface area contributed by atoms with Gasteiger partial charge in [-0.3, -0.25) is 4.79 Å². The van der Waals surface area contributed by atoms with E-state index in [0.717, 1.165) is 24.8 Å². The number of benzene rings is 1. The number of hydrogen-bond donors (Lipinski definition) is 1. The zero-order valence-electron chi connectivity index (χ0n) is 14.2. The Morgan fingerprint density at radius 2 is 1.83 bits per heavy atom. The lowest BCUT2D eigenvalue weighted by atomic mass is 10.1. The first-order chi connectivity index (χ1) is 11.1. The molecule has 0 amide bonds. The van der Waals surface area contributed by atoms with Gasteiger partial charge < -0.3 is 14.8 Å². The lowest BCUT2D eigenvalue weighted by Gasteiger charge is -2.19. The summed E-state index contributed by atoms with van der Waals surface area (Å²) >= 11 is 0. The molecule has 0 radical (unpaired) electrons. The van der Waals surface area contributed by atoms with Crippen molar-refractivity contribution in [1.82, 2.24) is 5.32 Å². The molecule has 0 unspecified atom stereocenters. The van der Waals surface area contributed by atoms with E-state index >= 15 is 0 Å². The minimum atomic E-state index is -0.839. The number of carbonyl (C=O) groups excluding carboxylic acids is 2. The average Bonchev–Trinajstić information content (AvgIpc) is 2.58. The van der Waals surface area contributed by atoms with Gasteiger partial charge in [0.15, 0.2) is 6.10 Å². The van der Waals surface area contributed by atoms with Crippen LogP contribution < -0.4 is 5.32 Å². The maximum Gasteiger partial charge on any atom is 0.347 e. The molecule has 5 nitrogen and oxygen atoms in total. The van der Waals surface area contributed by atoms with E-state index in [4.69, 9.17) is 9.47 Å². The van der Waals surface area contributed by atoms with Gasteiger partial charge >= 0.3 is 11.9 Å². The van der Waals surface area contributed by atoms with Crippen LogP contribution in [0.4, 0.5) is 0 Å². The molecular formula is C18H27NO4. The average molecular weight is 321 g/mol. The minimum absolute atomic E-state index is 0.184. The molecule has 0 aliphatic carbocycles. The van der Waals surface area contributed by atoms with Crippen molar-refractivity contribution in [3.8, 4) is 0 Å². The molecule has 0 saturated heterocycles. The van der Waals surface area contributed by atoms with Gasteiger partial charge in [0.2, 0.25) is 0 Å². The predicted octanol–water partition coefficient (Wildman–Crippen LogP) is 2.83. The number of esters is 2. The topological polar surface area (TPSA) is 64.6 Å². The summed E-state index contributed by atoms with van der Waals surface area (Å²) in [6, 6.07) is 8.99. The molecule has 5 heteroatoms. The van der Waals surface area contributed by atoms with Gasteiger partial charge in [0.25, 0.3) is 0 Å². The van der Waals surface area contributed by atoms with Crippen molar-refractivity contribution in [2.75, 3.05) is 7.05 Å². The Kier molecular flexibility index (Phi) is 8.98. The van der Waals surface area contributed by atoms with Gasteiger partial charge in [-0.05, 0) is 32.4 Å². The molecule has 0 aromatic heterocycles. The summed E-state index contributed by atoms with van der Waals surface area (Å²) in [7, 11) is 1.67. The first-order valence-electron chi connectivity index (χ1n) is 8.16. The third-order valence-corrected chi connectivity index (χ3v) is 3.60. The van der Waals surface area contributed by atoms with E-state index < -0.39 is 24.1 Å². The van der Waals surface area contributed by atoms with E-state index in [0.29, 0.717) is 6.42 Å². The van der Waals surface area contributed by atoms with E-state index in [2.05, 4.69) is 12.2 Å². The highest BCUT2D eigenvalue weighted by molar-refractivity contribution is 5.81. The van der Waals surface area contributed by atoms with Crippen LogP contribution in [0.1, 0.15) is 45.1 Å². The lowest BCUT2D eigenvalue weighted by molar-refractivity contribution is -0.170. The fourth-order valence-corrected chi connectivity index (χ4v) is 1.99. The first-order valence-corrected chi connectivity index (χ1v) is 8.16. The molecule has 1 N–H and O–H groups in total. The Hall–Kier alpha value is -1.88. The zero-order valence-corrected chi connectivity index (χ0v) is 14.2. The highest BCUT2D eigenvalue weighted by atomic mass is 16.6. The van der Waals surface area contributed by atoms with Crippen LogP contribution in [0.25, 0.3) is 0 Å². The Morgan fingerprint density at radius 1 is 1.13 bits per heavy atom. The molecule has 23 heavy (non-hydrogen) atoms. The first kappa shape index (κ1) is 19.2. The Labute approximate surface area is 138 Å². The van der Waals surface area contributed by atoms with E-state index in [1.807, 2.05) is 30.3 Å². The summed E-state index contributed by atoms with van der Waals surface area (Å²) in [5.41, 5.74) is 0.906. The normalized spacial score (nSPS) is 13.2. The third-order valence-electron chi connectivity index (χ3n) is 3.60. The summed E-state index contributed by atoms with van der Waals surface area (Å²) in [5, 5.41) is 2.81. The standard InChI is InChI=1S/C18H27NO4/c1-4-5-7-12-16(23-17(20)14(2)19-3)18(21)22-13-15-10-8-6-9-11-15/h6,8-11,14,16,19H,4-5,7,12-13H2,1-3H3/t14-,16+/m0/s1. The third kappa shape index (κ3) is 7.28. The van der Waals surface area contributed by atoms with Crippen molar-refractivity contribution in [3.63, 3.8) is 0 Å². The highest BCUT2D eigenvalue weighted by Crippen LogP contribution is 2.11. The van der Waals surface area contributed by atoms with Crippen LogP contribution in [-0.2, 0) is 25.7 Å². The molecule has 128 valence electrons. The van der Waals surface area contributed by atoms with Crippen LogP contribution in [0.2, 0.25) is 0 Å². The number of unbranched alkanes of at least 4 members (excludes halogenated alkanes) is 2. The van der Waals surface area contributed by atoms with E-state index in [1.165, 1.54) is 0 Å². The zero-order chi connectivity index (χ0) is 17.1. The molecule has 0 aliphatic rings. The van der Waals surface area contributed by atoms with Crippen molar-refractivity contribution in [2.45, 2.75) is 58.3 Å². The Balaban J connectivity index is 2.58. The molecule has 0 fully saturated rings. The fourth-order valence-electron chi connectivity index (χ4n) is 1.99. The minimum Gasteiger partial charge on any atom is -0.458 e. The van der Waals surface area contributed by atoms with E-state index in [1.54, 1.807) is 14.0 Å². The van der Waals surface area contributed by atoms with Crippen LogP contribution in [0.15, 0.2) is 30.3 Å². The summed E-state index contributed by atoms with van der Waals surface area (Å²) in [6.07, 6.45) is 2.49. The lowest BCUT2D eigenvalue weighted by Crippen LogP contribution is -2.38. The van der Waals surface area contributed by atoms with Crippen LogP contribution in [-0.4, -0.2) is 31.1 Å². The van der Waals surface area contributed by atoms with Gasteiger partial charge in [-0.25, -0.2) is 4.79 Å². The molecule has 0 heterocycles. The SMILES string of the molecule is CCCCC[C@@H](OC(=O)[C@H](C)NC)C(=O)OCc1ccccc1. The second kappa shape index (κ2) is 10.8. The molecule has 0 aliphatic heterocycles. The maximum atomic E-state index is 12.2. The van der Waals surface area contributed by atoms with Gasteiger partial charge in [0.05, 0.1) is 0 Å². The predicted molar refractivity (Wildman–Crippen MR) is 88.8 cm³/mol. The van der Waals surface area contributed by atoms with Crippen molar-refractivity contribution in [2.24, 2.45) is 0 Å². The highest BCUT2D eigenvalue weighted by Gasteiger charge is 2.26. The van der Waals surface area contributed by atoms with E-state index in [9.17, 15) is 9.59 Å². The van der Waals surface area contributed by atoms with Gasteiger partial charge in [-0.1, -0.05) is 50.1 Å². The van der Waals surface area contributed by atoms with Gasteiger partial charge in [-0.15, -0.1) is 0 Å². The summed E-state index contributed by atoms with van der Waals surface area (Å²) in [6.45, 7) is 3.96. The smallest absolute Gasteiger partial charge is 0.347 e. The van der Waals surface area contributed by atoms with Crippen molar-refractivity contribution in [3.05, 3.63) is 35.9 Å². The van der Waals surface area contributed by atoms with E-state index in [-0.39, 0.29) is 6.61 Å². The summed E-state index contributed by atoms with van der Waals surface area (Å²) in [4.78, 5) is 24.1. The molecule has 0 saturated carbocycles. The molecule has 1 rings (SSSR count). The molecule has 0 spiro atoms. The quantitative estimate of drug-likeness (QED) is 0.530. The van der Waals surface area contributed by atoms with Crippen LogP contribution in [0, 0.1) is 0 Å². The van der Waals surface area contributed by atoms with Crippen molar-refractivity contribution < 1.29 is 19.1 Å². The Bertz CT molecular complexity index is 475. The fraction of sp³-hybridized carbons (Fsp3) is 0.556. The number of hydrogen-bond acceptors (Lipinski definition) is 5. The van der Waals surface area contributed by atoms with Crippen LogP contribution >= 0.6 is 0 Å². The number of ether oxygens (including phenoxy) is 2. The summed E-state index contributed by atoms with van der Waals surface area (Å²) < 4.78 is 10.6. The molecule has 1 aromatic rings. The maximum absolute atomic E-state index is 12.2.